The van der Waals surface area contributed by atoms with Crippen LogP contribution < -0.4 is 9.47 Å². The summed E-state index contributed by atoms with van der Waals surface area (Å²) in [6, 6.07) is 2.77. The average molecular weight is 371 g/mol. The molecule has 0 saturated carbocycles. The molecular formula is C17H25NO6S. The first-order valence-electron chi connectivity index (χ1n) is 8.30. The fourth-order valence-corrected chi connectivity index (χ4v) is 4.99. The number of aliphatic carboxylic acids is 1. The number of unbranched alkanes of at least 4 members (excludes halogenated alkanes) is 1. The van der Waals surface area contributed by atoms with Gasteiger partial charge in [-0.25, -0.2) is 8.42 Å². The third kappa shape index (κ3) is 4.24. The maximum absolute atomic E-state index is 12.7. The van der Waals surface area contributed by atoms with E-state index in [0.29, 0.717) is 29.9 Å². The minimum absolute atomic E-state index is 0.0300. The minimum Gasteiger partial charge on any atom is -0.493 e. The molecule has 1 heterocycles. The van der Waals surface area contributed by atoms with E-state index in [1.807, 2.05) is 6.92 Å². The Kier molecular flexibility index (Phi) is 6.29. The number of rotatable bonds is 8. The highest BCUT2D eigenvalue weighted by Crippen LogP contribution is 2.40. The van der Waals surface area contributed by atoms with Gasteiger partial charge in [0.25, 0.3) is 0 Å². The van der Waals surface area contributed by atoms with Crippen molar-refractivity contribution in [3.8, 4) is 11.5 Å². The van der Waals surface area contributed by atoms with Crippen LogP contribution in [0.4, 0.5) is 0 Å². The first-order chi connectivity index (χ1) is 11.8. The van der Waals surface area contributed by atoms with E-state index in [0.717, 1.165) is 12.0 Å². The van der Waals surface area contributed by atoms with Crippen molar-refractivity contribution >= 4 is 16.0 Å². The Labute approximate surface area is 148 Å². The summed E-state index contributed by atoms with van der Waals surface area (Å²) in [4.78, 5) is 11.4. The molecule has 1 atom stereocenters. The molecule has 1 N–H and O–H groups in total. The number of benzene rings is 1. The number of hydrogen-bond donors (Lipinski definition) is 1. The van der Waals surface area contributed by atoms with Gasteiger partial charge in [-0.15, -0.1) is 0 Å². The summed E-state index contributed by atoms with van der Waals surface area (Å²) in [5, 5.41) is 9.30. The SMILES string of the molecule is CCCCS(=O)(=O)N1CCc2cc(OC)c(OC)cc2[C@@H]1CC(=O)O. The van der Waals surface area contributed by atoms with Crippen molar-refractivity contribution in [2.24, 2.45) is 0 Å². The first-order valence-corrected chi connectivity index (χ1v) is 9.91. The standard InChI is InChI=1S/C17H25NO6S/c1-4-5-8-25(21,22)18-7-6-12-9-15(23-2)16(24-3)10-13(12)14(18)11-17(19)20/h9-10,14H,4-8,11H2,1-3H3,(H,19,20)/t14-/m0/s1. The number of nitrogens with zero attached hydrogens (tertiary/aromatic N) is 1. The summed E-state index contributed by atoms with van der Waals surface area (Å²) in [7, 11) is -0.494. The second-order valence-electron chi connectivity index (χ2n) is 6.05. The van der Waals surface area contributed by atoms with Crippen LogP contribution in [0.1, 0.15) is 43.4 Å². The Morgan fingerprint density at radius 1 is 1.28 bits per heavy atom. The van der Waals surface area contributed by atoms with Crippen molar-refractivity contribution in [1.82, 2.24) is 4.31 Å². The zero-order valence-corrected chi connectivity index (χ0v) is 15.6. The fourth-order valence-electron chi connectivity index (χ4n) is 3.16. The van der Waals surface area contributed by atoms with Crippen LogP contribution >= 0.6 is 0 Å². The highest BCUT2D eigenvalue weighted by atomic mass is 32.2. The molecule has 0 saturated heterocycles. The molecule has 0 fully saturated rings. The second-order valence-corrected chi connectivity index (χ2v) is 8.09. The Hall–Kier alpha value is -1.80. The molecule has 140 valence electrons. The van der Waals surface area contributed by atoms with Gasteiger partial charge in [0.1, 0.15) is 0 Å². The van der Waals surface area contributed by atoms with Crippen molar-refractivity contribution in [2.75, 3.05) is 26.5 Å². The summed E-state index contributed by atoms with van der Waals surface area (Å²) in [5.41, 5.74) is 1.57. The molecule has 0 unspecified atom stereocenters. The van der Waals surface area contributed by atoms with Crippen LogP contribution in [-0.2, 0) is 21.2 Å². The van der Waals surface area contributed by atoms with Gasteiger partial charge in [0.05, 0.1) is 32.4 Å². The summed E-state index contributed by atoms with van der Waals surface area (Å²) >= 11 is 0. The van der Waals surface area contributed by atoms with E-state index >= 15 is 0 Å². The Morgan fingerprint density at radius 3 is 2.48 bits per heavy atom. The monoisotopic (exact) mass is 371 g/mol. The van der Waals surface area contributed by atoms with Gasteiger partial charge in [-0.1, -0.05) is 13.3 Å². The van der Waals surface area contributed by atoms with Gasteiger partial charge >= 0.3 is 5.97 Å². The number of carboxylic acids is 1. The third-order valence-corrected chi connectivity index (χ3v) is 6.39. The van der Waals surface area contributed by atoms with Gasteiger partial charge in [0.15, 0.2) is 11.5 Å². The van der Waals surface area contributed by atoms with Gasteiger partial charge in [0, 0.05) is 6.54 Å². The molecule has 1 aromatic carbocycles. The molecule has 0 spiro atoms. The molecule has 1 aromatic rings. The molecule has 0 bridgehead atoms. The lowest BCUT2D eigenvalue weighted by molar-refractivity contribution is -0.138. The van der Waals surface area contributed by atoms with E-state index in [2.05, 4.69) is 0 Å². The highest BCUT2D eigenvalue weighted by Gasteiger charge is 2.37. The fraction of sp³-hybridized carbons (Fsp3) is 0.588. The van der Waals surface area contributed by atoms with Crippen LogP contribution in [-0.4, -0.2) is 50.3 Å². The number of carboxylic acid groups (broad SMARTS) is 1. The van der Waals surface area contributed by atoms with Crippen LogP contribution in [0.2, 0.25) is 0 Å². The zero-order chi connectivity index (χ0) is 18.6. The van der Waals surface area contributed by atoms with Gasteiger partial charge in [-0.3, -0.25) is 4.79 Å². The van der Waals surface area contributed by atoms with Crippen LogP contribution in [0.15, 0.2) is 12.1 Å². The molecule has 0 amide bonds. The predicted molar refractivity (Wildman–Crippen MR) is 93.6 cm³/mol. The van der Waals surface area contributed by atoms with E-state index in [1.54, 1.807) is 12.1 Å². The summed E-state index contributed by atoms with van der Waals surface area (Å²) in [6.45, 7) is 2.19. The topological polar surface area (TPSA) is 93.1 Å². The van der Waals surface area contributed by atoms with Crippen molar-refractivity contribution in [3.05, 3.63) is 23.3 Å². The van der Waals surface area contributed by atoms with E-state index in [4.69, 9.17) is 9.47 Å². The molecular weight excluding hydrogens is 346 g/mol. The summed E-state index contributed by atoms with van der Waals surface area (Å²) in [6.07, 6.45) is 1.54. The average Bonchev–Trinajstić information content (AvgIpc) is 2.58. The van der Waals surface area contributed by atoms with Crippen LogP contribution in [0.5, 0.6) is 11.5 Å². The van der Waals surface area contributed by atoms with E-state index in [-0.39, 0.29) is 18.7 Å². The number of hydrogen-bond acceptors (Lipinski definition) is 5. The maximum Gasteiger partial charge on any atom is 0.305 e. The molecule has 0 radical (unpaired) electrons. The van der Waals surface area contributed by atoms with E-state index in [9.17, 15) is 18.3 Å². The third-order valence-electron chi connectivity index (χ3n) is 4.43. The van der Waals surface area contributed by atoms with Crippen LogP contribution in [0.3, 0.4) is 0 Å². The lowest BCUT2D eigenvalue weighted by Gasteiger charge is -2.36. The number of ether oxygens (including phenoxy) is 2. The minimum atomic E-state index is -3.52. The lowest BCUT2D eigenvalue weighted by Crippen LogP contribution is -2.42. The van der Waals surface area contributed by atoms with E-state index in [1.165, 1.54) is 18.5 Å². The van der Waals surface area contributed by atoms with Crippen molar-refractivity contribution in [2.45, 2.75) is 38.6 Å². The van der Waals surface area contributed by atoms with Crippen LogP contribution in [0, 0.1) is 0 Å². The number of methoxy groups -OCH3 is 2. The smallest absolute Gasteiger partial charge is 0.305 e. The van der Waals surface area contributed by atoms with E-state index < -0.39 is 22.0 Å². The van der Waals surface area contributed by atoms with Gasteiger partial charge in [0.2, 0.25) is 10.0 Å². The second kappa shape index (κ2) is 8.05. The van der Waals surface area contributed by atoms with Crippen molar-refractivity contribution in [1.29, 1.82) is 0 Å². The molecule has 0 aromatic heterocycles. The van der Waals surface area contributed by atoms with Crippen molar-refractivity contribution < 1.29 is 27.8 Å². The quantitative estimate of drug-likeness (QED) is 0.753. The lowest BCUT2D eigenvalue weighted by atomic mass is 9.92. The normalized spacial score (nSPS) is 17.8. The molecule has 8 heteroatoms. The van der Waals surface area contributed by atoms with Gasteiger partial charge in [-0.2, -0.15) is 4.31 Å². The molecule has 25 heavy (non-hydrogen) atoms. The maximum atomic E-state index is 12.7. The molecule has 2 rings (SSSR count). The van der Waals surface area contributed by atoms with Crippen molar-refractivity contribution in [3.63, 3.8) is 0 Å². The molecule has 0 aliphatic carbocycles. The Balaban J connectivity index is 2.49. The zero-order valence-electron chi connectivity index (χ0n) is 14.8. The van der Waals surface area contributed by atoms with Gasteiger partial charge in [-0.05, 0) is 36.1 Å². The first kappa shape index (κ1) is 19.5. The van der Waals surface area contributed by atoms with Gasteiger partial charge < -0.3 is 14.6 Å². The summed E-state index contributed by atoms with van der Waals surface area (Å²) in [5.74, 6) is 0.00721. The Bertz CT molecular complexity index is 731. The molecule has 1 aliphatic rings. The number of carbonyl (C=O) groups is 1. The molecule has 7 nitrogen and oxygen atoms in total. The largest absolute Gasteiger partial charge is 0.493 e. The summed E-state index contributed by atoms with van der Waals surface area (Å²) < 4.78 is 37.3. The van der Waals surface area contributed by atoms with Crippen LogP contribution in [0.25, 0.3) is 0 Å². The molecule has 1 aliphatic heterocycles. The highest BCUT2D eigenvalue weighted by molar-refractivity contribution is 7.89. The number of sulfonamides is 1. The number of fused-ring (bicyclic) bond motifs is 1. The predicted octanol–water partition coefficient (Wildman–Crippen LogP) is 2.21. The Morgan fingerprint density at radius 2 is 1.92 bits per heavy atom.